The van der Waals surface area contributed by atoms with Crippen molar-refractivity contribution in [1.82, 2.24) is 0 Å². The lowest BCUT2D eigenvalue weighted by atomic mass is 10.00. The van der Waals surface area contributed by atoms with Gasteiger partial charge in [-0.25, -0.2) is 0 Å². The van der Waals surface area contributed by atoms with Gasteiger partial charge in [-0.1, -0.05) is 56.7 Å². The molecule has 0 aliphatic rings. The zero-order chi connectivity index (χ0) is 20.1. The van der Waals surface area contributed by atoms with E-state index in [1.165, 1.54) is 0 Å². The minimum Gasteiger partial charge on any atom is -0.504 e. The smallest absolute Gasteiger partial charge is 0.314 e. The third kappa shape index (κ3) is 4.11. The van der Waals surface area contributed by atoms with E-state index in [1.54, 1.807) is 6.07 Å². The Balaban J connectivity index is 2.12. The predicted octanol–water partition coefficient (Wildman–Crippen LogP) is 5.95. The number of phenolic OH excluding ortho intramolecular Hbond substituents is 1. The highest BCUT2D eigenvalue weighted by Crippen LogP contribution is 2.42. The average molecular weight is 378 g/mol. The molecule has 0 saturated heterocycles. The first-order valence-electron chi connectivity index (χ1n) is 9.74. The number of rotatable bonds is 7. The summed E-state index contributed by atoms with van der Waals surface area (Å²) in [5.74, 6) is 0.302. The number of benzene rings is 3. The molecule has 146 valence electrons. The van der Waals surface area contributed by atoms with E-state index in [2.05, 4.69) is 0 Å². The van der Waals surface area contributed by atoms with Gasteiger partial charge in [-0.2, -0.15) is 0 Å². The predicted molar refractivity (Wildman–Crippen MR) is 112 cm³/mol. The van der Waals surface area contributed by atoms with Crippen molar-refractivity contribution in [3.8, 4) is 28.4 Å². The number of phenols is 1. The van der Waals surface area contributed by atoms with Crippen LogP contribution in [0.3, 0.4) is 0 Å². The highest BCUT2D eigenvalue weighted by atomic mass is 16.5. The molecule has 3 aromatic carbocycles. The molecular formula is C24H26O4. The van der Waals surface area contributed by atoms with Gasteiger partial charge in [0, 0.05) is 16.8 Å². The second-order valence-electron chi connectivity index (χ2n) is 6.89. The molecule has 0 spiro atoms. The molecule has 1 unspecified atom stereocenters. The van der Waals surface area contributed by atoms with Crippen LogP contribution in [-0.4, -0.2) is 17.7 Å². The molecule has 0 aromatic heterocycles. The Kier molecular flexibility index (Phi) is 6.19. The molecule has 1 atom stereocenters. The van der Waals surface area contributed by atoms with Crippen molar-refractivity contribution in [2.45, 2.75) is 33.6 Å². The van der Waals surface area contributed by atoms with Crippen LogP contribution < -0.4 is 9.47 Å². The molecular weight excluding hydrogens is 352 g/mol. The highest BCUT2D eigenvalue weighted by Gasteiger charge is 2.19. The third-order valence-corrected chi connectivity index (χ3v) is 4.78. The lowest BCUT2D eigenvalue weighted by Crippen LogP contribution is -2.17. The standard InChI is InChI=1S/C24H26O4/c1-4-9-16(3)24(26)28-21-15-22(27-5-2)23(25)19-13-12-18(14-20(19)21)17-10-7-6-8-11-17/h6-8,10-16,25H,4-5,9H2,1-3H3. The van der Waals surface area contributed by atoms with Crippen LogP contribution in [0.25, 0.3) is 21.9 Å². The lowest BCUT2D eigenvalue weighted by Gasteiger charge is -2.16. The van der Waals surface area contributed by atoms with Gasteiger partial charge in [-0.3, -0.25) is 4.79 Å². The quantitative estimate of drug-likeness (QED) is 0.407. The number of aromatic hydroxyl groups is 1. The van der Waals surface area contributed by atoms with Gasteiger partial charge in [0.1, 0.15) is 5.75 Å². The Bertz CT molecular complexity index is 963. The van der Waals surface area contributed by atoms with E-state index in [9.17, 15) is 9.90 Å². The van der Waals surface area contributed by atoms with E-state index in [4.69, 9.17) is 9.47 Å². The molecule has 0 aliphatic carbocycles. The van der Waals surface area contributed by atoms with Gasteiger partial charge >= 0.3 is 5.97 Å². The molecule has 1 N–H and O–H groups in total. The van der Waals surface area contributed by atoms with Crippen LogP contribution in [0.15, 0.2) is 54.6 Å². The second kappa shape index (κ2) is 8.79. The largest absolute Gasteiger partial charge is 0.504 e. The number of fused-ring (bicyclic) bond motifs is 1. The Morgan fingerprint density at radius 2 is 1.71 bits per heavy atom. The zero-order valence-electron chi connectivity index (χ0n) is 16.6. The molecule has 28 heavy (non-hydrogen) atoms. The molecule has 0 bridgehead atoms. The van der Waals surface area contributed by atoms with Crippen molar-refractivity contribution in [1.29, 1.82) is 0 Å². The van der Waals surface area contributed by atoms with Crippen LogP contribution >= 0.6 is 0 Å². The first-order chi connectivity index (χ1) is 13.5. The Hall–Kier alpha value is -3.01. The van der Waals surface area contributed by atoms with Crippen LogP contribution in [0.1, 0.15) is 33.6 Å². The Morgan fingerprint density at radius 3 is 2.39 bits per heavy atom. The fraction of sp³-hybridized carbons (Fsp3) is 0.292. The van der Waals surface area contributed by atoms with E-state index in [0.29, 0.717) is 28.9 Å². The van der Waals surface area contributed by atoms with Gasteiger partial charge in [0.05, 0.1) is 12.5 Å². The summed E-state index contributed by atoms with van der Waals surface area (Å²) < 4.78 is 11.3. The number of carbonyl (C=O) groups excluding carboxylic acids is 1. The summed E-state index contributed by atoms with van der Waals surface area (Å²) in [4.78, 5) is 12.5. The Labute approximate surface area is 165 Å². The SMILES string of the molecule is CCCC(C)C(=O)Oc1cc(OCC)c(O)c2ccc(-c3ccccc3)cc12. The van der Waals surface area contributed by atoms with Crippen molar-refractivity contribution in [3.63, 3.8) is 0 Å². The van der Waals surface area contributed by atoms with Crippen molar-refractivity contribution in [2.75, 3.05) is 6.61 Å². The zero-order valence-corrected chi connectivity index (χ0v) is 16.6. The fourth-order valence-electron chi connectivity index (χ4n) is 3.27. The molecule has 3 aromatic rings. The van der Waals surface area contributed by atoms with Crippen LogP contribution in [0, 0.1) is 5.92 Å². The van der Waals surface area contributed by atoms with Gasteiger partial charge in [-0.05, 0) is 36.6 Å². The lowest BCUT2D eigenvalue weighted by molar-refractivity contribution is -0.138. The van der Waals surface area contributed by atoms with E-state index in [1.807, 2.05) is 69.3 Å². The molecule has 4 nitrogen and oxygen atoms in total. The van der Waals surface area contributed by atoms with Gasteiger partial charge in [0.15, 0.2) is 11.5 Å². The van der Waals surface area contributed by atoms with E-state index < -0.39 is 0 Å². The first kappa shape index (κ1) is 19.7. The van der Waals surface area contributed by atoms with E-state index in [0.717, 1.165) is 24.0 Å². The number of ether oxygens (including phenoxy) is 2. The van der Waals surface area contributed by atoms with Crippen molar-refractivity contribution in [2.24, 2.45) is 5.92 Å². The molecule has 0 fully saturated rings. The number of esters is 1. The van der Waals surface area contributed by atoms with Crippen LogP contribution in [0.5, 0.6) is 17.2 Å². The molecule has 0 radical (unpaired) electrons. The normalized spacial score (nSPS) is 12.0. The number of carbonyl (C=O) groups is 1. The summed E-state index contributed by atoms with van der Waals surface area (Å²) in [5, 5.41) is 11.9. The summed E-state index contributed by atoms with van der Waals surface area (Å²) >= 11 is 0. The summed E-state index contributed by atoms with van der Waals surface area (Å²) in [6, 6.07) is 17.3. The van der Waals surface area contributed by atoms with Gasteiger partial charge < -0.3 is 14.6 Å². The second-order valence-corrected chi connectivity index (χ2v) is 6.89. The van der Waals surface area contributed by atoms with Gasteiger partial charge in [-0.15, -0.1) is 0 Å². The maximum absolute atomic E-state index is 12.5. The molecule has 3 rings (SSSR count). The molecule has 0 aliphatic heterocycles. The maximum Gasteiger partial charge on any atom is 0.314 e. The summed E-state index contributed by atoms with van der Waals surface area (Å²) in [5.41, 5.74) is 2.03. The van der Waals surface area contributed by atoms with Crippen molar-refractivity contribution >= 4 is 16.7 Å². The minimum absolute atomic E-state index is 0.0536. The monoisotopic (exact) mass is 378 g/mol. The topological polar surface area (TPSA) is 55.8 Å². The van der Waals surface area contributed by atoms with E-state index in [-0.39, 0.29) is 17.6 Å². The van der Waals surface area contributed by atoms with E-state index >= 15 is 0 Å². The summed E-state index contributed by atoms with van der Waals surface area (Å²) in [7, 11) is 0. The fourth-order valence-corrected chi connectivity index (χ4v) is 3.27. The van der Waals surface area contributed by atoms with Crippen molar-refractivity contribution in [3.05, 3.63) is 54.6 Å². The average Bonchev–Trinajstić information content (AvgIpc) is 2.72. The summed E-state index contributed by atoms with van der Waals surface area (Å²) in [6.07, 6.45) is 1.68. The first-order valence-corrected chi connectivity index (χ1v) is 9.74. The summed E-state index contributed by atoms with van der Waals surface area (Å²) in [6.45, 7) is 6.16. The Morgan fingerprint density at radius 1 is 0.964 bits per heavy atom. The molecule has 0 saturated carbocycles. The molecule has 0 heterocycles. The van der Waals surface area contributed by atoms with Crippen LogP contribution in [-0.2, 0) is 4.79 Å². The van der Waals surface area contributed by atoms with Gasteiger partial charge in [0.25, 0.3) is 0 Å². The van der Waals surface area contributed by atoms with Crippen LogP contribution in [0.2, 0.25) is 0 Å². The number of hydrogen-bond acceptors (Lipinski definition) is 4. The highest BCUT2D eigenvalue weighted by molar-refractivity contribution is 5.99. The molecule has 0 amide bonds. The maximum atomic E-state index is 12.5. The molecule has 4 heteroatoms. The van der Waals surface area contributed by atoms with Gasteiger partial charge in [0.2, 0.25) is 0 Å². The van der Waals surface area contributed by atoms with Crippen LogP contribution in [0.4, 0.5) is 0 Å². The third-order valence-electron chi connectivity index (χ3n) is 4.78. The number of hydrogen-bond donors (Lipinski definition) is 1. The minimum atomic E-state index is -0.276. The van der Waals surface area contributed by atoms with Crippen molar-refractivity contribution < 1.29 is 19.4 Å².